The fourth-order valence-electron chi connectivity index (χ4n) is 2.12. The Labute approximate surface area is 78.4 Å². The summed E-state index contributed by atoms with van der Waals surface area (Å²) in [5.74, 6) is 1.19. The first-order chi connectivity index (χ1) is 6.08. The molecule has 0 aromatic rings. The van der Waals surface area contributed by atoms with Crippen molar-refractivity contribution in [3.8, 4) is 0 Å². The van der Waals surface area contributed by atoms with E-state index < -0.39 is 9.84 Å². The molecular formula is C8H14N2O2S. The Morgan fingerprint density at radius 3 is 2.69 bits per heavy atom. The van der Waals surface area contributed by atoms with Gasteiger partial charge < -0.3 is 4.90 Å². The highest BCUT2D eigenvalue weighted by atomic mass is 32.2. The number of hydrogen-bond donors (Lipinski definition) is 1. The smallest absolute Gasteiger partial charge is 0.152 e. The molecule has 2 saturated heterocycles. The average Bonchev–Trinajstić information content (AvgIpc) is 2.56. The number of rotatable bonds is 1. The lowest BCUT2D eigenvalue weighted by Gasteiger charge is -2.24. The van der Waals surface area contributed by atoms with Crippen LogP contribution in [0.3, 0.4) is 0 Å². The second-order valence-electron chi connectivity index (χ2n) is 3.80. The zero-order valence-electron chi connectivity index (χ0n) is 7.49. The molecule has 2 aliphatic rings. The number of nitrogens with one attached hydrogen (secondary N) is 1. The van der Waals surface area contributed by atoms with Crippen molar-refractivity contribution in [3.63, 3.8) is 0 Å². The highest BCUT2D eigenvalue weighted by molar-refractivity contribution is 7.91. The Bertz CT molecular complexity index is 323. The standard InChI is InChI=1S/C8H14N2O2S/c9-8-2-1-4-10(8)7-3-5-13(11,12)6-7/h7,9H,1-6H2. The minimum atomic E-state index is -2.79. The minimum Gasteiger partial charge on any atom is -0.357 e. The third-order valence-corrected chi connectivity index (χ3v) is 4.56. The first-order valence-electron chi connectivity index (χ1n) is 4.63. The average molecular weight is 202 g/mol. The lowest BCUT2D eigenvalue weighted by atomic mass is 10.2. The van der Waals surface area contributed by atoms with Gasteiger partial charge in [-0.05, 0) is 12.8 Å². The molecule has 2 rings (SSSR count). The molecule has 0 aliphatic carbocycles. The van der Waals surface area contributed by atoms with Crippen LogP contribution < -0.4 is 0 Å². The highest BCUT2D eigenvalue weighted by Gasteiger charge is 2.34. The summed E-state index contributed by atoms with van der Waals surface area (Å²) < 4.78 is 22.4. The van der Waals surface area contributed by atoms with Crippen LogP contribution in [-0.2, 0) is 9.84 Å². The van der Waals surface area contributed by atoms with Crippen molar-refractivity contribution in [2.24, 2.45) is 0 Å². The summed E-state index contributed by atoms with van der Waals surface area (Å²) in [4.78, 5) is 1.96. The topological polar surface area (TPSA) is 61.2 Å². The van der Waals surface area contributed by atoms with Gasteiger partial charge in [0.1, 0.15) is 0 Å². The number of nitrogens with zero attached hydrogens (tertiary/aromatic N) is 1. The van der Waals surface area contributed by atoms with E-state index in [0.29, 0.717) is 18.0 Å². The molecule has 0 spiro atoms. The SMILES string of the molecule is N=C1CCCN1C1CCS(=O)(=O)C1. The van der Waals surface area contributed by atoms with Gasteiger partial charge in [-0.1, -0.05) is 0 Å². The van der Waals surface area contributed by atoms with Crippen LogP contribution in [-0.4, -0.2) is 43.2 Å². The minimum absolute atomic E-state index is 0.0972. The first kappa shape index (κ1) is 8.99. The molecule has 0 bridgehead atoms. The second kappa shape index (κ2) is 2.97. The van der Waals surface area contributed by atoms with E-state index in [1.807, 2.05) is 4.90 Å². The zero-order valence-corrected chi connectivity index (χ0v) is 8.31. The van der Waals surface area contributed by atoms with E-state index >= 15 is 0 Å². The van der Waals surface area contributed by atoms with E-state index in [4.69, 9.17) is 5.41 Å². The Morgan fingerprint density at radius 1 is 1.46 bits per heavy atom. The molecule has 1 atom stereocenters. The molecule has 0 aromatic heterocycles. The molecule has 0 amide bonds. The molecule has 2 aliphatic heterocycles. The van der Waals surface area contributed by atoms with Gasteiger partial charge in [-0.2, -0.15) is 0 Å². The maximum Gasteiger partial charge on any atom is 0.152 e. The molecule has 5 heteroatoms. The molecule has 2 fully saturated rings. The predicted octanol–water partition coefficient (Wildman–Crippen LogP) is 0.247. The summed E-state index contributed by atoms with van der Waals surface area (Å²) in [7, 11) is -2.79. The zero-order chi connectivity index (χ0) is 9.47. The van der Waals surface area contributed by atoms with Crippen LogP contribution in [0.15, 0.2) is 0 Å². The quantitative estimate of drug-likeness (QED) is 0.663. The summed E-state index contributed by atoms with van der Waals surface area (Å²) in [5.41, 5.74) is 0. The van der Waals surface area contributed by atoms with Crippen LogP contribution in [0.5, 0.6) is 0 Å². The van der Waals surface area contributed by atoms with Crippen LogP contribution in [0.4, 0.5) is 0 Å². The maximum atomic E-state index is 11.2. The second-order valence-corrected chi connectivity index (χ2v) is 6.03. The monoisotopic (exact) mass is 202 g/mol. The lowest BCUT2D eigenvalue weighted by molar-refractivity contribution is 0.359. The van der Waals surface area contributed by atoms with E-state index in [1.165, 1.54) is 0 Å². The van der Waals surface area contributed by atoms with Crippen molar-refractivity contribution in [1.82, 2.24) is 4.90 Å². The van der Waals surface area contributed by atoms with E-state index in [2.05, 4.69) is 0 Å². The Kier molecular flexibility index (Phi) is 2.06. The molecule has 13 heavy (non-hydrogen) atoms. The number of hydrogen-bond acceptors (Lipinski definition) is 3. The Balaban J connectivity index is 2.07. The highest BCUT2D eigenvalue weighted by Crippen LogP contribution is 2.22. The largest absolute Gasteiger partial charge is 0.357 e. The van der Waals surface area contributed by atoms with Gasteiger partial charge in [0.25, 0.3) is 0 Å². The van der Waals surface area contributed by atoms with E-state index in [1.54, 1.807) is 0 Å². The maximum absolute atomic E-state index is 11.2. The van der Waals surface area contributed by atoms with Crippen molar-refractivity contribution in [3.05, 3.63) is 0 Å². The van der Waals surface area contributed by atoms with Crippen LogP contribution in [0.1, 0.15) is 19.3 Å². The molecule has 1 N–H and O–H groups in total. The summed E-state index contributed by atoms with van der Waals surface area (Å²) in [6.07, 6.45) is 2.54. The van der Waals surface area contributed by atoms with Crippen LogP contribution in [0.25, 0.3) is 0 Å². The summed E-state index contributed by atoms with van der Waals surface area (Å²) >= 11 is 0. The number of sulfone groups is 1. The first-order valence-corrected chi connectivity index (χ1v) is 6.45. The van der Waals surface area contributed by atoms with Gasteiger partial charge >= 0.3 is 0 Å². The van der Waals surface area contributed by atoms with Gasteiger partial charge in [0.05, 0.1) is 17.3 Å². The summed E-state index contributed by atoms with van der Waals surface area (Å²) in [6, 6.07) is 0.0972. The molecule has 1 unspecified atom stereocenters. The molecule has 0 saturated carbocycles. The van der Waals surface area contributed by atoms with Gasteiger partial charge in [-0.25, -0.2) is 8.42 Å². The van der Waals surface area contributed by atoms with Crippen LogP contribution in [0, 0.1) is 5.41 Å². The van der Waals surface area contributed by atoms with Gasteiger partial charge in [0.2, 0.25) is 0 Å². The lowest BCUT2D eigenvalue weighted by Crippen LogP contribution is -2.36. The van der Waals surface area contributed by atoms with Crippen molar-refractivity contribution in [2.45, 2.75) is 25.3 Å². The van der Waals surface area contributed by atoms with Crippen LogP contribution in [0.2, 0.25) is 0 Å². The molecule has 2 heterocycles. The van der Waals surface area contributed by atoms with E-state index in [-0.39, 0.29) is 11.8 Å². The van der Waals surface area contributed by atoms with Crippen molar-refractivity contribution in [1.29, 1.82) is 5.41 Å². The van der Waals surface area contributed by atoms with Crippen LogP contribution >= 0.6 is 0 Å². The fraction of sp³-hybridized carbons (Fsp3) is 0.875. The van der Waals surface area contributed by atoms with E-state index in [9.17, 15) is 8.42 Å². The van der Waals surface area contributed by atoms with Gasteiger partial charge in [0, 0.05) is 19.0 Å². The Hall–Kier alpha value is -0.580. The number of amidine groups is 1. The molecular weight excluding hydrogens is 188 g/mol. The summed E-state index contributed by atoms with van der Waals surface area (Å²) in [5, 5.41) is 7.63. The Morgan fingerprint density at radius 2 is 2.23 bits per heavy atom. The number of likely N-dealkylation sites (tertiary alicyclic amines) is 1. The van der Waals surface area contributed by atoms with Gasteiger partial charge in [0.15, 0.2) is 9.84 Å². The molecule has 0 radical (unpaired) electrons. The fourth-order valence-corrected chi connectivity index (χ4v) is 3.85. The third-order valence-electron chi connectivity index (χ3n) is 2.81. The normalized spacial score (nSPS) is 32.8. The van der Waals surface area contributed by atoms with Gasteiger partial charge in [-0.15, -0.1) is 0 Å². The third kappa shape index (κ3) is 1.70. The summed E-state index contributed by atoms with van der Waals surface area (Å²) in [6.45, 7) is 0.874. The molecule has 0 aromatic carbocycles. The van der Waals surface area contributed by atoms with Crippen molar-refractivity contribution >= 4 is 15.7 Å². The van der Waals surface area contributed by atoms with Gasteiger partial charge in [-0.3, -0.25) is 5.41 Å². The van der Waals surface area contributed by atoms with Crippen molar-refractivity contribution in [2.75, 3.05) is 18.1 Å². The van der Waals surface area contributed by atoms with Crippen molar-refractivity contribution < 1.29 is 8.42 Å². The molecule has 74 valence electrons. The predicted molar refractivity (Wildman–Crippen MR) is 50.7 cm³/mol. The van der Waals surface area contributed by atoms with E-state index in [0.717, 1.165) is 19.4 Å². The molecule has 4 nitrogen and oxygen atoms in total.